The number of aromatic nitrogens is 1. The van der Waals surface area contributed by atoms with Crippen molar-refractivity contribution in [1.29, 1.82) is 5.26 Å². The number of pyridine rings is 1. The minimum atomic E-state index is -1.09. The van der Waals surface area contributed by atoms with Crippen molar-refractivity contribution in [2.75, 3.05) is 63.2 Å². The number of amides is 1. The minimum Gasteiger partial charge on any atom is -0.468 e. The zero-order valence-electron chi connectivity index (χ0n) is 25.3. The molecule has 45 heavy (non-hydrogen) atoms. The average Bonchev–Trinajstić information content (AvgIpc) is 3.39. The van der Waals surface area contributed by atoms with Crippen LogP contribution in [0.15, 0.2) is 48.8 Å². The monoisotopic (exact) mass is 636 g/mol. The number of piperazine rings is 1. The highest BCUT2D eigenvalue weighted by Gasteiger charge is 2.38. The third-order valence-corrected chi connectivity index (χ3v) is 9.31. The largest absolute Gasteiger partial charge is 0.468 e. The second-order valence-electron chi connectivity index (χ2n) is 11.8. The van der Waals surface area contributed by atoms with Gasteiger partial charge in [-0.25, -0.2) is 9.37 Å². The van der Waals surface area contributed by atoms with E-state index < -0.39 is 29.7 Å². The van der Waals surface area contributed by atoms with E-state index in [1.54, 1.807) is 7.11 Å². The fraction of sp³-hybridized carbons (Fsp3) is 0.424. The van der Waals surface area contributed by atoms with Crippen molar-refractivity contribution < 1.29 is 23.0 Å². The molecule has 0 radical (unpaired) electrons. The molecule has 2 saturated heterocycles. The molecule has 6 rings (SSSR count). The number of methoxy groups -OCH3 is 1. The predicted octanol–water partition coefficient (Wildman–Crippen LogP) is 4.71. The molecule has 3 aliphatic rings. The van der Waals surface area contributed by atoms with Crippen LogP contribution in [-0.4, -0.2) is 92.4 Å². The number of carbonyl (C=O) groups is 1. The number of fused-ring (bicyclic) bond motifs is 2. The quantitative estimate of drug-likeness (QED) is 0.345. The number of benzene rings is 2. The SMILES string of the molecule is C=C(F)C(=O)N1CCN(c2c(F)c(O[C@@H]3CN(C)C[C@H]3OC)nc3c2CCN(c2cccc4cccc(Cl)c24)C3)C[C@@H]1CC#N. The van der Waals surface area contributed by atoms with Gasteiger partial charge in [0.25, 0.3) is 11.8 Å². The van der Waals surface area contributed by atoms with Crippen LogP contribution >= 0.6 is 11.6 Å². The summed E-state index contributed by atoms with van der Waals surface area (Å²) in [6.07, 6.45) is -0.228. The lowest BCUT2D eigenvalue weighted by Gasteiger charge is -2.43. The lowest BCUT2D eigenvalue weighted by atomic mass is 9.98. The number of nitrogens with zero attached hydrogens (tertiary/aromatic N) is 6. The number of rotatable bonds is 7. The molecule has 0 unspecified atom stereocenters. The van der Waals surface area contributed by atoms with E-state index in [-0.39, 0.29) is 38.0 Å². The fourth-order valence-electron chi connectivity index (χ4n) is 6.83. The Bertz CT molecular complexity index is 1680. The summed E-state index contributed by atoms with van der Waals surface area (Å²) in [7, 11) is 3.56. The third kappa shape index (κ3) is 5.90. The van der Waals surface area contributed by atoms with Crippen LogP contribution < -0.4 is 14.5 Å². The summed E-state index contributed by atoms with van der Waals surface area (Å²) in [4.78, 5) is 24.7. The number of nitriles is 1. The van der Waals surface area contributed by atoms with Crippen LogP contribution in [0.5, 0.6) is 5.88 Å². The van der Waals surface area contributed by atoms with Gasteiger partial charge in [-0.15, -0.1) is 0 Å². The Morgan fingerprint density at radius 2 is 1.89 bits per heavy atom. The highest BCUT2D eigenvalue weighted by Crippen LogP contribution is 2.40. The summed E-state index contributed by atoms with van der Waals surface area (Å²) < 4.78 is 42.4. The minimum absolute atomic E-state index is 0.0344. The molecule has 3 aliphatic heterocycles. The number of carbonyl (C=O) groups excluding carboxylic acids is 1. The summed E-state index contributed by atoms with van der Waals surface area (Å²) in [5, 5.41) is 12.1. The second-order valence-corrected chi connectivity index (χ2v) is 12.2. The van der Waals surface area contributed by atoms with Gasteiger partial charge in [0, 0.05) is 63.0 Å². The van der Waals surface area contributed by atoms with Gasteiger partial charge in [0.2, 0.25) is 5.82 Å². The van der Waals surface area contributed by atoms with Gasteiger partial charge in [0.1, 0.15) is 12.2 Å². The number of anilines is 2. The molecular formula is C33H35ClF2N6O3. The van der Waals surface area contributed by atoms with E-state index in [1.807, 2.05) is 48.3 Å². The molecule has 3 atom stereocenters. The van der Waals surface area contributed by atoms with Crippen LogP contribution in [0.4, 0.5) is 20.2 Å². The first kappa shape index (κ1) is 31.0. The van der Waals surface area contributed by atoms with Crippen LogP contribution in [-0.2, 0) is 22.5 Å². The number of halogens is 3. The van der Waals surface area contributed by atoms with Gasteiger partial charge in [-0.3, -0.25) is 9.69 Å². The van der Waals surface area contributed by atoms with E-state index in [9.17, 15) is 14.4 Å². The molecule has 2 aromatic carbocycles. The summed E-state index contributed by atoms with van der Waals surface area (Å²) in [6, 6.07) is 13.3. The van der Waals surface area contributed by atoms with E-state index in [0.717, 1.165) is 22.0 Å². The first-order chi connectivity index (χ1) is 21.7. The first-order valence-electron chi connectivity index (χ1n) is 15.0. The summed E-state index contributed by atoms with van der Waals surface area (Å²) >= 11 is 6.67. The van der Waals surface area contributed by atoms with Crippen molar-refractivity contribution in [2.45, 2.75) is 37.6 Å². The molecular weight excluding hydrogens is 602 g/mol. The molecule has 1 amide bonds. The van der Waals surface area contributed by atoms with Gasteiger partial charge in [0.05, 0.1) is 41.5 Å². The van der Waals surface area contributed by atoms with Crippen molar-refractivity contribution in [3.63, 3.8) is 0 Å². The molecule has 0 saturated carbocycles. The standard InChI is InChI=1S/C33H35ClF2N6O3/c1-20(35)33(43)42-15-14-41(16-22(42)10-12-37)31-23-11-13-40(26-9-5-7-21-6-4-8-24(34)29(21)26)17-25(23)38-32(30(31)36)45-28-19-39(2)18-27(28)44-3/h4-9,22,27-28H,1,10-11,13-19H2,2-3H3/t22-,27+,28+/m0/s1. The molecule has 0 N–H and O–H groups in total. The van der Waals surface area contributed by atoms with Gasteiger partial charge < -0.3 is 24.2 Å². The van der Waals surface area contributed by atoms with Gasteiger partial charge >= 0.3 is 0 Å². The van der Waals surface area contributed by atoms with Crippen molar-refractivity contribution in [3.8, 4) is 11.9 Å². The Hall–Kier alpha value is -3.98. The van der Waals surface area contributed by atoms with E-state index in [0.29, 0.717) is 49.0 Å². The molecule has 12 heteroatoms. The molecule has 2 fully saturated rings. The maximum atomic E-state index is 16.7. The Balaban J connectivity index is 1.40. The van der Waals surface area contributed by atoms with Crippen molar-refractivity contribution >= 4 is 39.7 Å². The first-order valence-corrected chi connectivity index (χ1v) is 15.4. The Morgan fingerprint density at radius 3 is 2.62 bits per heavy atom. The third-order valence-electron chi connectivity index (χ3n) is 8.99. The number of likely N-dealkylation sites (tertiary alicyclic amines) is 1. The molecule has 3 aromatic rings. The van der Waals surface area contributed by atoms with E-state index >= 15 is 4.39 Å². The van der Waals surface area contributed by atoms with E-state index in [4.69, 9.17) is 26.1 Å². The van der Waals surface area contributed by atoms with Gasteiger partial charge in [-0.1, -0.05) is 42.4 Å². The Labute approximate surface area is 266 Å². The second kappa shape index (κ2) is 12.8. The lowest BCUT2D eigenvalue weighted by molar-refractivity contribution is -0.131. The van der Waals surface area contributed by atoms with Gasteiger partial charge in [0.15, 0.2) is 5.83 Å². The van der Waals surface area contributed by atoms with Crippen LogP contribution in [0.25, 0.3) is 10.8 Å². The lowest BCUT2D eigenvalue weighted by Crippen LogP contribution is -2.55. The topological polar surface area (TPSA) is 85.2 Å². The molecule has 9 nitrogen and oxygen atoms in total. The van der Waals surface area contributed by atoms with Gasteiger partial charge in [-0.05, 0) is 31.0 Å². The molecule has 0 spiro atoms. The molecule has 0 bridgehead atoms. The smallest absolute Gasteiger partial charge is 0.282 e. The average molecular weight is 637 g/mol. The van der Waals surface area contributed by atoms with Crippen molar-refractivity contribution in [1.82, 2.24) is 14.8 Å². The molecule has 1 aromatic heterocycles. The van der Waals surface area contributed by atoms with Crippen molar-refractivity contribution in [3.05, 3.63) is 70.9 Å². The maximum Gasteiger partial charge on any atom is 0.282 e. The van der Waals surface area contributed by atoms with Crippen LogP contribution in [0, 0.1) is 17.1 Å². The molecule has 236 valence electrons. The van der Waals surface area contributed by atoms with E-state index in [2.05, 4.69) is 22.4 Å². The number of hydrogen-bond acceptors (Lipinski definition) is 8. The zero-order valence-corrected chi connectivity index (χ0v) is 26.1. The molecule has 4 heterocycles. The highest BCUT2D eigenvalue weighted by molar-refractivity contribution is 6.36. The highest BCUT2D eigenvalue weighted by atomic mass is 35.5. The van der Waals surface area contributed by atoms with Crippen LogP contribution in [0.1, 0.15) is 17.7 Å². The number of ether oxygens (including phenoxy) is 2. The fourth-order valence-corrected chi connectivity index (χ4v) is 7.11. The number of hydrogen-bond donors (Lipinski definition) is 0. The summed E-state index contributed by atoms with van der Waals surface area (Å²) in [5.41, 5.74) is 2.73. The summed E-state index contributed by atoms with van der Waals surface area (Å²) in [6.45, 7) is 5.81. The van der Waals surface area contributed by atoms with Crippen molar-refractivity contribution in [2.24, 2.45) is 0 Å². The van der Waals surface area contributed by atoms with E-state index in [1.165, 1.54) is 4.90 Å². The van der Waals surface area contributed by atoms with Crippen LogP contribution in [0.2, 0.25) is 5.02 Å². The normalized spacial score (nSPS) is 22.0. The predicted molar refractivity (Wildman–Crippen MR) is 169 cm³/mol. The number of likely N-dealkylation sites (N-methyl/N-ethyl adjacent to an activating group) is 1. The maximum absolute atomic E-state index is 16.7. The Kier molecular flexibility index (Phi) is 8.82. The van der Waals surface area contributed by atoms with Crippen LogP contribution in [0.3, 0.4) is 0 Å². The zero-order chi connectivity index (χ0) is 31.8. The van der Waals surface area contributed by atoms with Gasteiger partial charge in [-0.2, -0.15) is 9.65 Å². The Morgan fingerprint density at radius 1 is 1.13 bits per heavy atom. The summed E-state index contributed by atoms with van der Waals surface area (Å²) in [5.74, 6) is -2.64. The molecule has 0 aliphatic carbocycles.